The number of hydrogen-bond donors (Lipinski definition) is 0. The first-order valence-corrected chi connectivity index (χ1v) is 14.3. The number of hydrogen-bond acceptors (Lipinski definition) is 6. The summed E-state index contributed by atoms with van der Waals surface area (Å²) < 4.78 is 30.8. The first-order chi connectivity index (χ1) is 15.0. The van der Waals surface area contributed by atoms with Crippen LogP contribution in [-0.4, -0.2) is 47.6 Å². The van der Waals surface area contributed by atoms with E-state index in [0.717, 1.165) is 29.5 Å². The van der Waals surface area contributed by atoms with Crippen molar-refractivity contribution in [2.24, 2.45) is 0 Å². The lowest BCUT2D eigenvalue weighted by atomic mass is 9.79. The van der Waals surface area contributed by atoms with Crippen LogP contribution in [0.15, 0.2) is 17.7 Å². The Kier molecular flexibility index (Phi) is 5.75. The van der Waals surface area contributed by atoms with Gasteiger partial charge in [0.05, 0.1) is 27.4 Å². The Bertz CT molecular complexity index is 960. The number of benzene rings is 1. The van der Waals surface area contributed by atoms with Crippen LogP contribution in [0.1, 0.15) is 51.2 Å². The van der Waals surface area contributed by atoms with E-state index in [9.17, 15) is 4.79 Å². The molecule has 0 radical (unpaired) electrons. The monoisotopic (exact) mass is 460 g/mol. The number of methoxy groups -OCH3 is 3. The van der Waals surface area contributed by atoms with Gasteiger partial charge in [0, 0.05) is 12.0 Å². The molecular formula is C25H36O6Si. The van der Waals surface area contributed by atoms with Crippen LogP contribution < -0.4 is 14.2 Å². The van der Waals surface area contributed by atoms with Gasteiger partial charge in [-0.25, -0.2) is 0 Å². The minimum absolute atomic E-state index is 0.0777. The predicted octanol–water partition coefficient (Wildman–Crippen LogP) is 4.93. The Morgan fingerprint density at radius 3 is 2.34 bits per heavy atom. The quantitative estimate of drug-likeness (QED) is 0.458. The van der Waals surface area contributed by atoms with Crippen LogP contribution in [0.25, 0.3) is 0 Å². The van der Waals surface area contributed by atoms with E-state index in [4.69, 9.17) is 23.4 Å². The van der Waals surface area contributed by atoms with E-state index in [1.165, 1.54) is 0 Å². The van der Waals surface area contributed by atoms with Gasteiger partial charge in [-0.3, -0.25) is 4.79 Å². The lowest BCUT2D eigenvalue weighted by Crippen LogP contribution is -2.46. The number of aryl methyl sites for hydroxylation is 1. The molecule has 1 aromatic carbocycles. The topological polar surface area (TPSA) is 63.2 Å². The Labute approximate surface area is 192 Å². The number of rotatable bonds is 5. The fourth-order valence-corrected chi connectivity index (χ4v) is 6.37. The summed E-state index contributed by atoms with van der Waals surface area (Å²) in [4.78, 5) is 12.6. The standard InChI is InChI=1S/C25H36O6Si/c1-24(2,3)32(7,8)31-18-10-9-15-13-20(27-4)22(28-5)23(29-6)21(15)25-12-11-17(26)19(30-25)14-16(18)25/h13-14,18-19H,9-12H2,1-8H3/t18-,19?,25?/m1/s1. The van der Waals surface area contributed by atoms with Crippen molar-refractivity contribution in [1.82, 2.24) is 0 Å². The second-order valence-electron chi connectivity index (χ2n) is 10.5. The van der Waals surface area contributed by atoms with Crippen molar-refractivity contribution in [3.8, 4) is 17.2 Å². The third-order valence-corrected chi connectivity index (χ3v) is 12.2. The fourth-order valence-electron chi connectivity index (χ4n) is 5.06. The first kappa shape index (κ1) is 23.3. The minimum Gasteiger partial charge on any atom is -0.493 e. The van der Waals surface area contributed by atoms with Crippen LogP contribution >= 0.6 is 0 Å². The van der Waals surface area contributed by atoms with E-state index in [0.29, 0.717) is 30.1 Å². The number of ether oxygens (including phenoxy) is 4. The molecule has 1 aromatic rings. The Balaban J connectivity index is 1.91. The molecule has 0 aromatic heterocycles. The second kappa shape index (κ2) is 7.89. The van der Waals surface area contributed by atoms with Crippen LogP contribution in [0, 0.1) is 0 Å². The minimum atomic E-state index is -2.06. The van der Waals surface area contributed by atoms with Crippen LogP contribution in [0.5, 0.6) is 17.2 Å². The molecule has 0 amide bonds. The maximum absolute atomic E-state index is 12.6. The van der Waals surface area contributed by atoms with Crippen LogP contribution in [0.4, 0.5) is 0 Å². The molecule has 7 heteroatoms. The van der Waals surface area contributed by atoms with E-state index < -0.39 is 20.0 Å². The van der Waals surface area contributed by atoms with Gasteiger partial charge in [0.25, 0.3) is 0 Å². The highest BCUT2D eigenvalue weighted by atomic mass is 28.4. The molecule has 32 heavy (non-hydrogen) atoms. The highest BCUT2D eigenvalue weighted by molar-refractivity contribution is 6.74. The molecule has 1 aliphatic carbocycles. The van der Waals surface area contributed by atoms with Gasteiger partial charge >= 0.3 is 0 Å². The van der Waals surface area contributed by atoms with Gasteiger partial charge in [-0.15, -0.1) is 0 Å². The summed E-state index contributed by atoms with van der Waals surface area (Å²) in [5, 5.41) is 0.0777. The van der Waals surface area contributed by atoms with Gasteiger partial charge < -0.3 is 23.4 Å². The molecule has 3 aliphatic rings. The van der Waals surface area contributed by atoms with E-state index >= 15 is 0 Å². The lowest BCUT2D eigenvalue weighted by molar-refractivity contribution is -0.145. The summed E-state index contributed by atoms with van der Waals surface area (Å²) >= 11 is 0. The van der Waals surface area contributed by atoms with Crippen LogP contribution in [0.3, 0.4) is 0 Å². The molecule has 4 rings (SSSR count). The van der Waals surface area contributed by atoms with Gasteiger partial charge in [0.1, 0.15) is 11.7 Å². The normalized spacial score (nSPS) is 27.2. The number of carbonyl (C=O) groups excluding carboxylic acids is 1. The number of carbonyl (C=O) groups is 1. The third kappa shape index (κ3) is 3.40. The summed E-state index contributed by atoms with van der Waals surface area (Å²) in [5.74, 6) is 1.93. The SMILES string of the molecule is COc1cc2c(c(OC)c1OC)C13CCC(=O)C(C=C1[C@H](O[Si](C)(C)C(C)(C)C)CC2)O3. The zero-order valence-electron chi connectivity index (χ0n) is 20.6. The van der Waals surface area contributed by atoms with E-state index in [-0.39, 0.29) is 16.9 Å². The molecule has 1 spiro atoms. The Hall–Kier alpha value is -1.83. The smallest absolute Gasteiger partial charge is 0.203 e. The maximum atomic E-state index is 12.6. The molecule has 2 unspecified atom stereocenters. The molecule has 0 N–H and O–H groups in total. The summed E-state index contributed by atoms with van der Waals surface area (Å²) in [6.45, 7) is 11.3. The molecule has 3 atom stereocenters. The Morgan fingerprint density at radius 2 is 1.75 bits per heavy atom. The van der Waals surface area contributed by atoms with Crippen molar-refractivity contribution in [1.29, 1.82) is 0 Å². The molecule has 2 aliphatic heterocycles. The molecule has 1 fully saturated rings. The van der Waals surface area contributed by atoms with Gasteiger partial charge in [-0.1, -0.05) is 20.8 Å². The van der Waals surface area contributed by atoms with Crippen molar-refractivity contribution in [3.05, 3.63) is 28.8 Å². The highest BCUT2D eigenvalue weighted by Crippen LogP contribution is 2.58. The van der Waals surface area contributed by atoms with Gasteiger partial charge in [0.2, 0.25) is 5.75 Å². The van der Waals surface area contributed by atoms with Crippen LogP contribution in [0.2, 0.25) is 18.1 Å². The van der Waals surface area contributed by atoms with Gasteiger partial charge in [0.15, 0.2) is 25.6 Å². The average Bonchev–Trinajstić information content (AvgIpc) is 3.01. The maximum Gasteiger partial charge on any atom is 0.203 e. The van der Waals surface area contributed by atoms with Crippen molar-refractivity contribution in [2.75, 3.05) is 21.3 Å². The van der Waals surface area contributed by atoms with E-state index in [1.807, 2.05) is 12.1 Å². The fraction of sp³-hybridized carbons (Fsp3) is 0.640. The van der Waals surface area contributed by atoms with Crippen molar-refractivity contribution in [2.45, 2.75) is 82.4 Å². The number of fused-ring (bicyclic) bond motifs is 2. The molecule has 6 nitrogen and oxygen atoms in total. The third-order valence-electron chi connectivity index (χ3n) is 7.75. The van der Waals surface area contributed by atoms with E-state index in [1.54, 1.807) is 21.3 Å². The highest BCUT2D eigenvalue weighted by Gasteiger charge is 2.56. The zero-order valence-corrected chi connectivity index (χ0v) is 21.6. The molecule has 2 bridgehead atoms. The van der Waals surface area contributed by atoms with Gasteiger partial charge in [-0.2, -0.15) is 0 Å². The second-order valence-corrected chi connectivity index (χ2v) is 15.3. The largest absolute Gasteiger partial charge is 0.493 e. The zero-order chi connectivity index (χ0) is 23.5. The predicted molar refractivity (Wildman–Crippen MR) is 125 cm³/mol. The molecule has 2 heterocycles. The number of Topliss-reactive ketones (excluding diaryl/α,β-unsaturated/α-hetero) is 1. The average molecular weight is 461 g/mol. The van der Waals surface area contributed by atoms with Crippen molar-refractivity contribution >= 4 is 14.1 Å². The number of ketones is 1. The first-order valence-electron chi connectivity index (χ1n) is 11.4. The van der Waals surface area contributed by atoms with Crippen molar-refractivity contribution in [3.63, 3.8) is 0 Å². The molecule has 176 valence electrons. The summed E-state index contributed by atoms with van der Waals surface area (Å²) in [5.41, 5.74) is 2.38. The van der Waals surface area contributed by atoms with E-state index in [2.05, 4.69) is 33.9 Å². The lowest BCUT2D eigenvalue weighted by Gasteiger charge is -2.43. The summed E-state index contributed by atoms with van der Waals surface area (Å²) in [6, 6.07) is 2.03. The summed E-state index contributed by atoms with van der Waals surface area (Å²) in [6.07, 6.45) is 4.04. The summed E-state index contributed by atoms with van der Waals surface area (Å²) in [7, 11) is 2.83. The molecular weight excluding hydrogens is 424 g/mol. The van der Waals surface area contributed by atoms with Gasteiger partial charge in [-0.05, 0) is 60.7 Å². The van der Waals surface area contributed by atoms with Crippen molar-refractivity contribution < 1.29 is 28.2 Å². The molecule has 1 saturated heterocycles. The van der Waals surface area contributed by atoms with Crippen LogP contribution in [-0.2, 0) is 26.0 Å². The molecule has 0 saturated carbocycles. The Morgan fingerprint density at radius 1 is 1.06 bits per heavy atom.